The van der Waals surface area contributed by atoms with E-state index in [2.05, 4.69) is 0 Å². The molecule has 0 radical (unpaired) electrons. The van der Waals surface area contributed by atoms with Gasteiger partial charge in [-0.3, -0.25) is 4.79 Å². The zero-order valence-electron chi connectivity index (χ0n) is 11.2. The average Bonchev–Trinajstić information content (AvgIpc) is 2.70. The second kappa shape index (κ2) is 4.44. The van der Waals surface area contributed by atoms with Gasteiger partial charge in [0, 0.05) is 13.1 Å². The van der Waals surface area contributed by atoms with Crippen molar-refractivity contribution in [1.29, 1.82) is 0 Å². The van der Waals surface area contributed by atoms with Crippen LogP contribution in [0.4, 0.5) is 4.79 Å². The van der Waals surface area contributed by atoms with Crippen molar-refractivity contribution in [2.75, 3.05) is 13.1 Å². The van der Waals surface area contributed by atoms with Gasteiger partial charge >= 0.3 is 12.1 Å². The minimum Gasteiger partial charge on any atom is -0.481 e. The van der Waals surface area contributed by atoms with Crippen LogP contribution in [0.3, 0.4) is 0 Å². The highest BCUT2D eigenvalue weighted by molar-refractivity contribution is 5.72. The molecule has 1 heterocycles. The third-order valence-electron chi connectivity index (χ3n) is 3.83. The third kappa shape index (κ3) is 2.60. The van der Waals surface area contributed by atoms with Crippen LogP contribution in [-0.4, -0.2) is 40.8 Å². The van der Waals surface area contributed by atoms with Gasteiger partial charge in [-0.15, -0.1) is 0 Å². The Morgan fingerprint density at radius 1 is 1.22 bits per heavy atom. The molecular formula is C13H21NO4. The minimum absolute atomic E-state index is 0.106. The maximum absolute atomic E-state index is 11.9. The highest BCUT2D eigenvalue weighted by Crippen LogP contribution is 2.42. The Kier molecular flexibility index (Phi) is 3.25. The summed E-state index contributed by atoms with van der Waals surface area (Å²) in [6.45, 7) is 6.67. The Morgan fingerprint density at radius 2 is 1.89 bits per heavy atom. The second-order valence-corrected chi connectivity index (χ2v) is 6.33. The fourth-order valence-electron chi connectivity index (χ4n) is 3.05. The molecule has 2 fully saturated rings. The van der Waals surface area contributed by atoms with E-state index in [1.165, 1.54) is 0 Å². The number of rotatable bonds is 1. The van der Waals surface area contributed by atoms with Crippen LogP contribution in [0.25, 0.3) is 0 Å². The molecule has 1 amide bonds. The van der Waals surface area contributed by atoms with E-state index in [0.717, 1.165) is 12.8 Å². The molecule has 2 rings (SSSR count). The van der Waals surface area contributed by atoms with Gasteiger partial charge in [0.25, 0.3) is 0 Å². The van der Waals surface area contributed by atoms with E-state index in [1.54, 1.807) is 4.90 Å². The Balaban J connectivity index is 1.97. The normalized spacial score (nSPS) is 31.3. The number of ether oxygens (including phenoxy) is 1. The Labute approximate surface area is 107 Å². The predicted molar refractivity (Wildman–Crippen MR) is 65.1 cm³/mol. The van der Waals surface area contributed by atoms with E-state index in [4.69, 9.17) is 9.84 Å². The molecular weight excluding hydrogens is 234 g/mol. The van der Waals surface area contributed by atoms with Crippen molar-refractivity contribution < 1.29 is 19.4 Å². The van der Waals surface area contributed by atoms with E-state index in [1.807, 2.05) is 20.8 Å². The fraction of sp³-hybridized carbons (Fsp3) is 0.846. The first-order valence-corrected chi connectivity index (χ1v) is 6.48. The van der Waals surface area contributed by atoms with Crippen LogP contribution in [-0.2, 0) is 9.53 Å². The van der Waals surface area contributed by atoms with Gasteiger partial charge in [-0.05, 0) is 45.4 Å². The molecule has 1 saturated heterocycles. The first-order valence-electron chi connectivity index (χ1n) is 6.48. The lowest BCUT2D eigenvalue weighted by Gasteiger charge is -2.25. The largest absolute Gasteiger partial charge is 0.481 e. The van der Waals surface area contributed by atoms with E-state index in [-0.39, 0.29) is 17.9 Å². The summed E-state index contributed by atoms with van der Waals surface area (Å²) in [5, 5.41) is 9.14. The molecule has 2 aliphatic rings. The zero-order chi connectivity index (χ0) is 13.5. The SMILES string of the molecule is CC(C)(C)OC(=O)N1C[C@H]2CC[C@H](C(=O)O)[C@H]2C1. The lowest BCUT2D eigenvalue weighted by Crippen LogP contribution is -2.36. The topological polar surface area (TPSA) is 66.8 Å². The van der Waals surface area contributed by atoms with Crippen LogP contribution in [0.2, 0.25) is 0 Å². The van der Waals surface area contributed by atoms with Crippen LogP contribution in [0.5, 0.6) is 0 Å². The first kappa shape index (κ1) is 13.2. The highest BCUT2D eigenvalue weighted by atomic mass is 16.6. The summed E-state index contributed by atoms with van der Waals surface area (Å²) >= 11 is 0. The number of amides is 1. The lowest BCUT2D eigenvalue weighted by molar-refractivity contribution is -0.143. The number of likely N-dealkylation sites (tertiary alicyclic amines) is 1. The summed E-state index contributed by atoms with van der Waals surface area (Å²) in [6.07, 6.45) is 1.33. The van der Waals surface area contributed by atoms with Gasteiger partial charge in [-0.1, -0.05) is 0 Å². The Hall–Kier alpha value is -1.26. The van der Waals surface area contributed by atoms with Crippen LogP contribution < -0.4 is 0 Å². The van der Waals surface area contributed by atoms with E-state index in [9.17, 15) is 9.59 Å². The maximum atomic E-state index is 11.9. The minimum atomic E-state index is -0.728. The molecule has 0 bridgehead atoms. The van der Waals surface area contributed by atoms with Crippen molar-refractivity contribution in [3.8, 4) is 0 Å². The van der Waals surface area contributed by atoms with Crippen LogP contribution >= 0.6 is 0 Å². The number of hydrogen-bond donors (Lipinski definition) is 1. The average molecular weight is 255 g/mol. The zero-order valence-corrected chi connectivity index (χ0v) is 11.2. The number of carbonyl (C=O) groups excluding carboxylic acids is 1. The number of nitrogens with zero attached hydrogens (tertiary/aromatic N) is 1. The summed E-state index contributed by atoms with van der Waals surface area (Å²) in [5.74, 6) is -0.579. The van der Waals surface area contributed by atoms with Gasteiger partial charge in [0.05, 0.1) is 5.92 Å². The van der Waals surface area contributed by atoms with Crippen molar-refractivity contribution in [1.82, 2.24) is 4.90 Å². The van der Waals surface area contributed by atoms with E-state index in [0.29, 0.717) is 19.0 Å². The fourth-order valence-corrected chi connectivity index (χ4v) is 3.05. The number of carboxylic acids is 1. The highest BCUT2D eigenvalue weighted by Gasteiger charge is 2.47. The number of carbonyl (C=O) groups is 2. The van der Waals surface area contributed by atoms with Gasteiger partial charge < -0.3 is 14.7 Å². The molecule has 5 heteroatoms. The number of fused-ring (bicyclic) bond motifs is 1. The number of hydrogen-bond acceptors (Lipinski definition) is 3. The standard InChI is InChI=1S/C13H21NO4/c1-13(2,3)18-12(17)14-6-8-4-5-9(11(15)16)10(8)7-14/h8-10H,4-7H2,1-3H3,(H,15,16)/t8-,9+,10+/m1/s1. The molecule has 18 heavy (non-hydrogen) atoms. The Morgan fingerprint density at radius 3 is 2.44 bits per heavy atom. The van der Waals surface area contributed by atoms with Gasteiger partial charge in [0.2, 0.25) is 0 Å². The molecule has 5 nitrogen and oxygen atoms in total. The predicted octanol–water partition coefficient (Wildman–Crippen LogP) is 1.96. The molecule has 0 aromatic carbocycles. The summed E-state index contributed by atoms with van der Waals surface area (Å²) < 4.78 is 5.32. The molecule has 1 N–H and O–H groups in total. The summed E-state index contributed by atoms with van der Waals surface area (Å²) in [4.78, 5) is 24.7. The van der Waals surface area contributed by atoms with Crippen molar-refractivity contribution in [2.24, 2.45) is 17.8 Å². The number of carboxylic acid groups (broad SMARTS) is 1. The van der Waals surface area contributed by atoms with Crippen LogP contribution in [0, 0.1) is 17.8 Å². The van der Waals surface area contributed by atoms with Crippen molar-refractivity contribution in [3.05, 3.63) is 0 Å². The monoisotopic (exact) mass is 255 g/mol. The first-order chi connectivity index (χ1) is 8.28. The van der Waals surface area contributed by atoms with Gasteiger partial charge in [-0.25, -0.2) is 4.79 Å². The quantitative estimate of drug-likeness (QED) is 0.777. The number of aliphatic carboxylic acids is 1. The molecule has 1 aliphatic heterocycles. The third-order valence-corrected chi connectivity index (χ3v) is 3.83. The molecule has 0 spiro atoms. The smallest absolute Gasteiger partial charge is 0.410 e. The van der Waals surface area contributed by atoms with Gasteiger partial charge in [-0.2, -0.15) is 0 Å². The van der Waals surface area contributed by atoms with E-state index < -0.39 is 11.6 Å². The van der Waals surface area contributed by atoms with Crippen LogP contribution in [0.1, 0.15) is 33.6 Å². The van der Waals surface area contributed by atoms with Gasteiger partial charge in [0.15, 0.2) is 0 Å². The Bertz CT molecular complexity index is 360. The molecule has 102 valence electrons. The van der Waals surface area contributed by atoms with Crippen molar-refractivity contribution in [3.63, 3.8) is 0 Å². The van der Waals surface area contributed by atoms with Gasteiger partial charge in [0.1, 0.15) is 5.60 Å². The lowest BCUT2D eigenvalue weighted by atomic mass is 9.93. The summed E-state index contributed by atoms with van der Waals surface area (Å²) in [6, 6.07) is 0. The maximum Gasteiger partial charge on any atom is 0.410 e. The molecule has 0 aromatic rings. The van der Waals surface area contributed by atoms with Crippen LogP contribution in [0.15, 0.2) is 0 Å². The summed E-state index contributed by atoms with van der Waals surface area (Å²) in [7, 11) is 0. The molecule has 0 aromatic heterocycles. The molecule has 1 saturated carbocycles. The van der Waals surface area contributed by atoms with Crippen molar-refractivity contribution >= 4 is 12.1 Å². The van der Waals surface area contributed by atoms with Crippen molar-refractivity contribution in [2.45, 2.75) is 39.2 Å². The van der Waals surface area contributed by atoms with E-state index >= 15 is 0 Å². The molecule has 0 unspecified atom stereocenters. The second-order valence-electron chi connectivity index (χ2n) is 6.33. The summed E-state index contributed by atoms with van der Waals surface area (Å²) in [5.41, 5.74) is -0.499. The molecule has 3 atom stereocenters. The molecule has 1 aliphatic carbocycles.